The molecule has 0 amide bonds. The summed E-state index contributed by atoms with van der Waals surface area (Å²) in [4.78, 5) is 2.38. The fourth-order valence-corrected chi connectivity index (χ4v) is 2.43. The van der Waals surface area contributed by atoms with E-state index in [1.54, 1.807) is 6.92 Å². The van der Waals surface area contributed by atoms with Gasteiger partial charge in [0.2, 0.25) is 0 Å². The number of aliphatic hydroxyl groups is 1. The van der Waals surface area contributed by atoms with Gasteiger partial charge in [0.25, 0.3) is 0 Å². The van der Waals surface area contributed by atoms with Crippen molar-refractivity contribution in [1.29, 1.82) is 0 Å². The van der Waals surface area contributed by atoms with Crippen LogP contribution in [-0.2, 0) is 6.54 Å². The summed E-state index contributed by atoms with van der Waals surface area (Å²) in [6, 6.07) is 10.7. The Morgan fingerprint density at radius 3 is 2.41 bits per heavy atom. The summed E-state index contributed by atoms with van der Waals surface area (Å²) in [7, 11) is 0. The molecule has 0 bridgehead atoms. The maximum atomic E-state index is 8.24. The van der Waals surface area contributed by atoms with Crippen LogP contribution in [0, 0.1) is 0 Å². The molecule has 1 aromatic carbocycles. The molecule has 0 spiro atoms. The van der Waals surface area contributed by atoms with Gasteiger partial charge in [0.1, 0.15) is 0 Å². The summed E-state index contributed by atoms with van der Waals surface area (Å²) >= 11 is 0. The Morgan fingerprint density at radius 1 is 1.30 bits per heavy atom. The number of hydrogen-bond donors (Lipinski definition) is 2. The molecule has 150 valence electrons. The van der Waals surface area contributed by atoms with E-state index in [0.29, 0.717) is 0 Å². The third kappa shape index (κ3) is 12.0. The highest BCUT2D eigenvalue weighted by Gasteiger charge is 2.10. The lowest BCUT2D eigenvalue weighted by Gasteiger charge is -2.27. The molecule has 27 heavy (non-hydrogen) atoms. The van der Waals surface area contributed by atoms with Gasteiger partial charge in [-0.15, -0.1) is 6.58 Å². The lowest BCUT2D eigenvalue weighted by atomic mass is 10.1. The zero-order valence-corrected chi connectivity index (χ0v) is 17.8. The van der Waals surface area contributed by atoms with Crippen molar-refractivity contribution in [2.24, 2.45) is 0 Å². The third-order valence-corrected chi connectivity index (χ3v) is 3.73. The van der Waals surface area contributed by atoms with Crippen LogP contribution in [0.1, 0.15) is 46.6 Å². The molecule has 3 heteroatoms. The van der Waals surface area contributed by atoms with Crippen LogP contribution in [0.3, 0.4) is 0 Å². The minimum Gasteiger partial charge on any atom is -0.389 e. The molecule has 1 aliphatic rings. The zero-order chi connectivity index (χ0) is 20.5. The van der Waals surface area contributed by atoms with E-state index in [1.807, 2.05) is 13.8 Å². The molecule has 1 aliphatic heterocycles. The molecule has 0 fully saturated rings. The van der Waals surface area contributed by atoms with Gasteiger partial charge in [0.05, 0.1) is 6.10 Å². The van der Waals surface area contributed by atoms with E-state index in [2.05, 4.69) is 85.4 Å². The molecule has 3 nitrogen and oxygen atoms in total. The Kier molecular flexibility index (Phi) is 14.8. The number of hydrogen-bond acceptors (Lipinski definition) is 3. The van der Waals surface area contributed by atoms with Crippen LogP contribution in [0.4, 0.5) is 0 Å². The lowest BCUT2D eigenvalue weighted by molar-refractivity contribution is 0.244. The van der Waals surface area contributed by atoms with Crippen molar-refractivity contribution >= 4 is 0 Å². The minimum atomic E-state index is -0.352. The summed E-state index contributed by atoms with van der Waals surface area (Å²) in [6.07, 6.45) is 11.0. The molecule has 1 atom stereocenters. The highest BCUT2D eigenvalue weighted by molar-refractivity contribution is 5.22. The topological polar surface area (TPSA) is 35.5 Å². The highest BCUT2D eigenvalue weighted by atomic mass is 16.3. The summed E-state index contributed by atoms with van der Waals surface area (Å²) in [5.41, 5.74) is 4.04. The van der Waals surface area contributed by atoms with E-state index in [1.165, 1.54) is 22.9 Å². The van der Waals surface area contributed by atoms with E-state index >= 15 is 0 Å². The van der Waals surface area contributed by atoms with Crippen molar-refractivity contribution in [3.8, 4) is 0 Å². The van der Waals surface area contributed by atoms with E-state index in [9.17, 15) is 0 Å². The zero-order valence-electron chi connectivity index (χ0n) is 17.8. The average Bonchev–Trinajstić information content (AvgIpc) is 2.71. The smallest absolute Gasteiger partial charge is 0.0690 e. The van der Waals surface area contributed by atoms with Crippen LogP contribution < -0.4 is 5.32 Å². The summed E-state index contributed by atoms with van der Waals surface area (Å²) in [5.74, 6) is 0. The Balaban J connectivity index is 0.000000838. The molecule has 0 aliphatic carbocycles. The quantitative estimate of drug-likeness (QED) is 0.518. The molecule has 0 saturated heterocycles. The Hall–Kier alpha value is -2.10. The van der Waals surface area contributed by atoms with E-state index in [-0.39, 0.29) is 6.10 Å². The van der Waals surface area contributed by atoms with Gasteiger partial charge >= 0.3 is 0 Å². The third-order valence-electron chi connectivity index (χ3n) is 3.73. The van der Waals surface area contributed by atoms with Crippen molar-refractivity contribution in [1.82, 2.24) is 10.2 Å². The van der Waals surface area contributed by atoms with E-state index < -0.39 is 0 Å². The van der Waals surface area contributed by atoms with Gasteiger partial charge in [-0.2, -0.15) is 0 Å². The monoisotopic (exact) mass is 370 g/mol. The largest absolute Gasteiger partial charge is 0.389 e. The van der Waals surface area contributed by atoms with Crippen LogP contribution >= 0.6 is 0 Å². The van der Waals surface area contributed by atoms with Crippen LogP contribution in [0.25, 0.3) is 0 Å². The number of aliphatic hydroxyl groups excluding tert-OH is 1. The molecule has 0 aromatic heterocycles. The predicted molar refractivity (Wildman–Crippen MR) is 119 cm³/mol. The minimum absolute atomic E-state index is 0.352. The Bertz CT molecular complexity index is 586. The molecule has 2 rings (SSSR count). The summed E-state index contributed by atoms with van der Waals surface area (Å²) in [5, 5.41) is 11.6. The molecule has 0 radical (unpaired) electrons. The van der Waals surface area contributed by atoms with Gasteiger partial charge in [0.15, 0.2) is 0 Å². The van der Waals surface area contributed by atoms with Crippen LogP contribution in [0.15, 0.2) is 78.7 Å². The molecule has 1 heterocycles. The number of nitrogens with one attached hydrogen (secondary N) is 1. The SMILES string of the molecule is C/C=C/C(C)=C/N(Cc1ccccc1)C1=CCNCC1.C=CC(C)O.CC. The van der Waals surface area contributed by atoms with E-state index in [4.69, 9.17) is 5.11 Å². The first-order valence-electron chi connectivity index (χ1n) is 9.89. The van der Waals surface area contributed by atoms with Crippen LogP contribution in [-0.4, -0.2) is 29.2 Å². The summed E-state index contributed by atoms with van der Waals surface area (Å²) < 4.78 is 0. The van der Waals surface area contributed by atoms with Crippen molar-refractivity contribution < 1.29 is 5.11 Å². The van der Waals surface area contributed by atoms with E-state index in [0.717, 1.165) is 26.1 Å². The van der Waals surface area contributed by atoms with Crippen molar-refractivity contribution in [3.05, 3.63) is 84.2 Å². The Labute approximate surface area is 166 Å². The average molecular weight is 371 g/mol. The van der Waals surface area contributed by atoms with Gasteiger partial charge in [-0.25, -0.2) is 0 Å². The second-order valence-corrected chi connectivity index (χ2v) is 6.11. The van der Waals surface area contributed by atoms with Crippen molar-refractivity contribution in [2.75, 3.05) is 13.1 Å². The molecular weight excluding hydrogens is 332 g/mol. The molecule has 2 N–H and O–H groups in total. The first-order chi connectivity index (χ1) is 13.1. The predicted octanol–water partition coefficient (Wildman–Crippen LogP) is 5.43. The normalized spacial score (nSPS) is 14.9. The maximum absolute atomic E-state index is 8.24. The van der Waals surface area contributed by atoms with Gasteiger partial charge in [-0.3, -0.25) is 0 Å². The first-order valence-corrected chi connectivity index (χ1v) is 9.89. The Morgan fingerprint density at radius 2 is 1.93 bits per heavy atom. The second-order valence-electron chi connectivity index (χ2n) is 6.11. The van der Waals surface area contributed by atoms with Gasteiger partial charge in [0, 0.05) is 31.5 Å². The van der Waals surface area contributed by atoms with Crippen molar-refractivity contribution in [3.63, 3.8) is 0 Å². The maximum Gasteiger partial charge on any atom is 0.0690 e. The summed E-state index contributed by atoms with van der Waals surface area (Å²) in [6.45, 7) is 16.1. The lowest BCUT2D eigenvalue weighted by Crippen LogP contribution is -2.27. The fourth-order valence-electron chi connectivity index (χ4n) is 2.43. The van der Waals surface area contributed by atoms with Gasteiger partial charge < -0.3 is 15.3 Å². The van der Waals surface area contributed by atoms with Crippen molar-refractivity contribution in [2.45, 2.75) is 53.7 Å². The van der Waals surface area contributed by atoms with Crippen LogP contribution in [0.2, 0.25) is 0 Å². The molecule has 1 aromatic rings. The number of allylic oxidation sites excluding steroid dienone is 3. The number of rotatable bonds is 6. The highest BCUT2D eigenvalue weighted by Crippen LogP contribution is 2.17. The van der Waals surface area contributed by atoms with Gasteiger partial charge in [-0.1, -0.05) is 68.5 Å². The second kappa shape index (κ2) is 16.1. The first kappa shape index (κ1) is 24.9. The molecule has 1 unspecified atom stereocenters. The number of benzene rings is 1. The number of nitrogens with zero attached hydrogens (tertiary/aromatic N) is 1. The molecule has 0 saturated carbocycles. The van der Waals surface area contributed by atoms with Crippen LogP contribution in [0.5, 0.6) is 0 Å². The molecular formula is C24H38N2O. The fraction of sp³-hybridized carbons (Fsp3) is 0.417. The standard InChI is InChI=1S/C18H24N2.C4H8O.C2H6/c1-3-7-16(2)14-20(18-10-12-19-13-11-18)15-17-8-5-4-6-9-17;1-3-4(2)5;1-2/h3-10,14,19H,11-13,15H2,1-2H3;3-5H,1H2,2H3;1-2H3/b7-3+,16-14+;;. The van der Waals surface area contributed by atoms with Gasteiger partial charge in [-0.05, 0) is 38.3 Å².